The molecule has 2 heteroatoms. The van der Waals surface area contributed by atoms with Crippen LogP contribution in [0.4, 0.5) is 0 Å². The minimum absolute atomic E-state index is 0.677. The third-order valence-electron chi connectivity index (χ3n) is 1.74. The Balaban J connectivity index is 2.33. The van der Waals surface area contributed by atoms with E-state index in [9.17, 15) is 0 Å². The fourth-order valence-electron chi connectivity index (χ4n) is 1.05. The zero-order chi connectivity index (χ0) is 10.2. The van der Waals surface area contributed by atoms with Gasteiger partial charge in [-0.1, -0.05) is 42.8 Å². The van der Waals surface area contributed by atoms with Crippen molar-refractivity contribution in [3.63, 3.8) is 0 Å². The largest absolute Gasteiger partial charge is 0.377 e. The van der Waals surface area contributed by atoms with E-state index in [1.807, 2.05) is 36.4 Å². The normalized spacial score (nSPS) is 11.0. The van der Waals surface area contributed by atoms with E-state index in [1.54, 1.807) is 0 Å². The minimum atomic E-state index is 0.677. The average molecular weight is 211 g/mol. The molecule has 0 amide bonds. The molecule has 0 unspecified atom stereocenters. The molecule has 0 radical (unpaired) electrons. The van der Waals surface area contributed by atoms with Crippen LogP contribution in [-0.4, -0.2) is 13.2 Å². The van der Waals surface area contributed by atoms with Crippen LogP contribution >= 0.6 is 11.6 Å². The molecule has 1 aromatic rings. The number of ether oxygens (including phenoxy) is 1. The van der Waals surface area contributed by atoms with Crippen LogP contribution in [-0.2, 0) is 4.74 Å². The molecule has 0 aliphatic rings. The molecule has 1 rings (SSSR count). The van der Waals surface area contributed by atoms with E-state index < -0.39 is 0 Å². The zero-order valence-corrected chi connectivity index (χ0v) is 9.13. The lowest BCUT2D eigenvalue weighted by Crippen LogP contribution is -1.91. The Morgan fingerprint density at radius 3 is 2.64 bits per heavy atom. The molecule has 0 N–H and O–H groups in total. The summed E-state index contributed by atoms with van der Waals surface area (Å²) in [6, 6.07) is 7.74. The van der Waals surface area contributed by atoms with Gasteiger partial charge in [-0.15, -0.1) is 0 Å². The maximum atomic E-state index is 5.77. The van der Waals surface area contributed by atoms with Crippen LogP contribution in [0.25, 0.3) is 6.08 Å². The molecular formula is C12H15ClO. The lowest BCUT2D eigenvalue weighted by Gasteiger charge is -1.96. The molecule has 0 aromatic heterocycles. The number of hydrogen-bond acceptors (Lipinski definition) is 1. The van der Waals surface area contributed by atoms with E-state index in [2.05, 4.69) is 6.92 Å². The summed E-state index contributed by atoms with van der Waals surface area (Å²) in [4.78, 5) is 0. The van der Waals surface area contributed by atoms with Crippen LogP contribution in [0.2, 0.25) is 5.02 Å². The monoisotopic (exact) mass is 210 g/mol. The summed E-state index contributed by atoms with van der Waals surface area (Å²) in [7, 11) is 0. The maximum Gasteiger partial charge on any atom is 0.0650 e. The van der Waals surface area contributed by atoms with Gasteiger partial charge < -0.3 is 4.74 Å². The van der Waals surface area contributed by atoms with Crippen molar-refractivity contribution in [2.75, 3.05) is 13.2 Å². The fourth-order valence-corrected chi connectivity index (χ4v) is 1.18. The van der Waals surface area contributed by atoms with E-state index in [0.717, 1.165) is 23.6 Å². The third kappa shape index (κ3) is 4.45. The molecule has 1 nitrogen and oxygen atoms in total. The SMILES string of the molecule is CCCOCC=Cc1ccc(Cl)cc1. The van der Waals surface area contributed by atoms with Gasteiger partial charge in [-0.25, -0.2) is 0 Å². The quantitative estimate of drug-likeness (QED) is 0.673. The Labute approximate surface area is 90.3 Å². The first-order chi connectivity index (χ1) is 6.83. The van der Waals surface area contributed by atoms with Gasteiger partial charge in [0.15, 0.2) is 0 Å². The van der Waals surface area contributed by atoms with E-state index in [0.29, 0.717) is 6.61 Å². The van der Waals surface area contributed by atoms with Crippen molar-refractivity contribution >= 4 is 17.7 Å². The van der Waals surface area contributed by atoms with Gasteiger partial charge in [0.25, 0.3) is 0 Å². The predicted molar refractivity (Wildman–Crippen MR) is 61.6 cm³/mol. The standard InChI is InChI=1S/C12H15ClO/c1-2-9-14-10-3-4-11-5-7-12(13)8-6-11/h3-8H,2,9-10H2,1H3. The van der Waals surface area contributed by atoms with Crippen LogP contribution < -0.4 is 0 Å². The Kier molecular flexibility index (Phi) is 5.35. The first-order valence-corrected chi connectivity index (χ1v) is 5.20. The molecule has 76 valence electrons. The molecule has 0 fully saturated rings. The van der Waals surface area contributed by atoms with Crippen molar-refractivity contribution < 1.29 is 4.74 Å². The van der Waals surface area contributed by atoms with Crippen molar-refractivity contribution in [2.45, 2.75) is 13.3 Å². The van der Waals surface area contributed by atoms with E-state index in [1.165, 1.54) is 0 Å². The molecule has 0 atom stereocenters. The molecule has 14 heavy (non-hydrogen) atoms. The van der Waals surface area contributed by atoms with Gasteiger partial charge in [0.05, 0.1) is 6.61 Å². The molecule has 0 aliphatic carbocycles. The van der Waals surface area contributed by atoms with Crippen molar-refractivity contribution in [2.24, 2.45) is 0 Å². The molecule has 0 bridgehead atoms. The molecule has 0 aliphatic heterocycles. The highest BCUT2D eigenvalue weighted by atomic mass is 35.5. The Bertz CT molecular complexity index is 277. The summed E-state index contributed by atoms with van der Waals surface area (Å²) < 4.78 is 5.32. The Morgan fingerprint density at radius 2 is 2.00 bits per heavy atom. The number of halogens is 1. The molecule has 0 heterocycles. The maximum absolute atomic E-state index is 5.77. The highest BCUT2D eigenvalue weighted by Gasteiger charge is 1.87. The first-order valence-electron chi connectivity index (χ1n) is 4.83. The van der Waals surface area contributed by atoms with E-state index in [4.69, 9.17) is 16.3 Å². The lowest BCUT2D eigenvalue weighted by molar-refractivity contribution is 0.163. The van der Waals surface area contributed by atoms with Gasteiger partial charge in [0, 0.05) is 11.6 Å². The number of benzene rings is 1. The minimum Gasteiger partial charge on any atom is -0.377 e. The molecule has 0 saturated carbocycles. The molecule has 0 saturated heterocycles. The average Bonchev–Trinajstić information content (AvgIpc) is 2.21. The second-order valence-electron chi connectivity index (χ2n) is 3.03. The highest BCUT2D eigenvalue weighted by Crippen LogP contribution is 2.10. The molecular weight excluding hydrogens is 196 g/mol. The van der Waals surface area contributed by atoms with Gasteiger partial charge in [-0.3, -0.25) is 0 Å². The van der Waals surface area contributed by atoms with Crippen molar-refractivity contribution in [3.05, 3.63) is 40.9 Å². The van der Waals surface area contributed by atoms with Crippen molar-refractivity contribution in [1.82, 2.24) is 0 Å². The van der Waals surface area contributed by atoms with Crippen LogP contribution in [0.15, 0.2) is 30.3 Å². The van der Waals surface area contributed by atoms with Gasteiger partial charge in [0.1, 0.15) is 0 Å². The second-order valence-corrected chi connectivity index (χ2v) is 3.47. The van der Waals surface area contributed by atoms with Gasteiger partial charge in [0.2, 0.25) is 0 Å². The lowest BCUT2D eigenvalue weighted by atomic mass is 10.2. The summed E-state index contributed by atoms with van der Waals surface area (Å²) in [5.41, 5.74) is 1.15. The van der Waals surface area contributed by atoms with Gasteiger partial charge in [-0.05, 0) is 24.1 Å². The van der Waals surface area contributed by atoms with Gasteiger partial charge >= 0.3 is 0 Å². The van der Waals surface area contributed by atoms with E-state index >= 15 is 0 Å². The summed E-state index contributed by atoms with van der Waals surface area (Å²) >= 11 is 5.77. The number of hydrogen-bond donors (Lipinski definition) is 0. The van der Waals surface area contributed by atoms with Crippen LogP contribution in [0.3, 0.4) is 0 Å². The third-order valence-corrected chi connectivity index (χ3v) is 1.99. The number of rotatable bonds is 5. The summed E-state index contributed by atoms with van der Waals surface area (Å²) in [5.74, 6) is 0. The topological polar surface area (TPSA) is 9.23 Å². The predicted octanol–water partition coefficient (Wildman–Crippen LogP) is 3.78. The second kappa shape index (κ2) is 6.63. The van der Waals surface area contributed by atoms with Crippen molar-refractivity contribution in [1.29, 1.82) is 0 Å². The Hall–Kier alpha value is -0.790. The van der Waals surface area contributed by atoms with Crippen LogP contribution in [0.5, 0.6) is 0 Å². The van der Waals surface area contributed by atoms with Gasteiger partial charge in [-0.2, -0.15) is 0 Å². The first kappa shape index (κ1) is 11.3. The molecule has 0 spiro atoms. The van der Waals surface area contributed by atoms with Crippen LogP contribution in [0, 0.1) is 0 Å². The highest BCUT2D eigenvalue weighted by molar-refractivity contribution is 6.30. The summed E-state index contributed by atoms with van der Waals surface area (Å²) in [6.45, 7) is 3.60. The fraction of sp³-hybridized carbons (Fsp3) is 0.333. The van der Waals surface area contributed by atoms with Crippen molar-refractivity contribution in [3.8, 4) is 0 Å². The molecule has 1 aromatic carbocycles. The summed E-state index contributed by atoms with van der Waals surface area (Å²) in [5, 5.41) is 0.768. The smallest absolute Gasteiger partial charge is 0.0650 e. The van der Waals surface area contributed by atoms with Crippen LogP contribution in [0.1, 0.15) is 18.9 Å². The van der Waals surface area contributed by atoms with E-state index in [-0.39, 0.29) is 0 Å². The summed E-state index contributed by atoms with van der Waals surface area (Å²) in [6.07, 6.45) is 5.11. The zero-order valence-electron chi connectivity index (χ0n) is 8.37. The Morgan fingerprint density at radius 1 is 1.29 bits per heavy atom.